The van der Waals surface area contributed by atoms with Crippen molar-refractivity contribution in [2.24, 2.45) is 0 Å². The summed E-state index contributed by atoms with van der Waals surface area (Å²) in [5, 5.41) is 0. The lowest BCUT2D eigenvalue weighted by Crippen LogP contribution is -2.15. The Morgan fingerprint density at radius 1 is 1.19 bits per heavy atom. The van der Waals surface area contributed by atoms with Crippen LogP contribution in [0, 0.1) is 0 Å². The van der Waals surface area contributed by atoms with Crippen LogP contribution >= 0.6 is 11.3 Å². The van der Waals surface area contributed by atoms with Gasteiger partial charge in [0.25, 0.3) is 10.0 Å². The van der Waals surface area contributed by atoms with Crippen molar-refractivity contribution in [3.8, 4) is 5.75 Å². The van der Waals surface area contributed by atoms with Crippen LogP contribution in [-0.4, -0.2) is 19.1 Å². The van der Waals surface area contributed by atoms with E-state index in [9.17, 15) is 13.2 Å². The van der Waals surface area contributed by atoms with Crippen LogP contribution < -0.4 is 14.3 Å². The summed E-state index contributed by atoms with van der Waals surface area (Å²) in [6.45, 7) is 6.36. The fourth-order valence-corrected chi connectivity index (χ4v) is 4.89. The van der Waals surface area contributed by atoms with Crippen LogP contribution in [0.4, 0.5) is 5.69 Å². The summed E-state index contributed by atoms with van der Waals surface area (Å²) in [6.07, 6.45) is 0.752. The van der Waals surface area contributed by atoms with Crippen LogP contribution in [0.25, 0.3) is 10.2 Å². The lowest BCUT2D eigenvalue weighted by molar-refractivity contribution is 0.244. The molecule has 0 aliphatic rings. The molecule has 2 aromatic carbocycles. The number of nitrogens with zero attached hydrogens (tertiary/aromatic N) is 1. The monoisotopic (exact) mass is 406 g/mol. The number of para-hydroxylation sites is 2. The number of sulfonamides is 1. The van der Waals surface area contributed by atoms with E-state index in [-0.39, 0.29) is 15.9 Å². The SMILES string of the molecule is CCCn1c(=O)sc2cc(S(=O)(=O)Nc3ccccc3OC(C)C)ccc21. The largest absolute Gasteiger partial charge is 0.489 e. The number of rotatable bonds is 7. The summed E-state index contributed by atoms with van der Waals surface area (Å²) in [4.78, 5) is 12.2. The highest BCUT2D eigenvalue weighted by Gasteiger charge is 2.19. The molecule has 6 nitrogen and oxygen atoms in total. The van der Waals surface area contributed by atoms with Gasteiger partial charge in [-0.25, -0.2) is 8.42 Å². The number of hydrogen-bond acceptors (Lipinski definition) is 5. The number of anilines is 1. The highest BCUT2D eigenvalue weighted by atomic mass is 32.2. The molecule has 0 saturated carbocycles. The Labute approximate surface area is 162 Å². The quantitative estimate of drug-likeness (QED) is 0.642. The predicted octanol–water partition coefficient (Wildman–Crippen LogP) is 4.06. The van der Waals surface area contributed by atoms with E-state index in [1.165, 1.54) is 6.07 Å². The van der Waals surface area contributed by atoms with E-state index in [2.05, 4.69) is 4.72 Å². The van der Waals surface area contributed by atoms with Gasteiger partial charge in [0.2, 0.25) is 0 Å². The van der Waals surface area contributed by atoms with Gasteiger partial charge in [-0.3, -0.25) is 14.1 Å². The topological polar surface area (TPSA) is 77.4 Å². The first kappa shape index (κ1) is 19.4. The third kappa shape index (κ3) is 4.17. The number of fused-ring (bicyclic) bond motifs is 1. The second-order valence-corrected chi connectivity index (χ2v) is 9.09. The fourth-order valence-electron chi connectivity index (χ4n) is 2.76. The predicted molar refractivity (Wildman–Crippen MR) is 109 cm³/mol. The van der Waals surface area contributed by atoms with Gasteiger partial charge in [-0.05, 0) is 50.6 Å². The maximum Gasteiger partial charge on any atom is 0.308 e. The summed E-state index contributed by atoms with van der Waals surface area (Å²) < 4.78 is 36.3. The van der Waals surface area contributed by atoms with Crippen LogP contribution in [0.3, 0.4) is 0 Å². The van der Waals surface area contributed by atoms with Crippen LogP contribution in [0.1, 0.15) is 27.2 Å². The number of hydrogen-bond donors (Lipinski definition) is 1. The van der Waals surface area contributed by atoms with E-state index in [0.717, 1.165) is 23.3 Å². The van der Waals surface area contributed by atoms with Gasteiger partial charge in [-0.15, -0.1) is 0 Å². The smallest absolute Gasteiger partial charge is 0.308 e. The molecule has 1 heterocycles. The van der Waals surface area contributed by atoms with Crippen molar-refractivity contribution in [1.82, 2.24) is 4.57 Å². The molecule has 1 aromatic heterocycles. The molecule has 0 aliphatic heterocycles. The van der Waals surface area contributed by atoms with E-state index < -0.39 is 10.0 Å². The number of thiazole rings is 1. The standard InChI is InChI=1S/C19H22N2O4S2/c1-4-11-21-16-10-9-14(12-18(16)26-19(21)22)27(23,24)20-15-7-5-6-8-17(15)25-13(2)3/h5-10,12-13,20H,4,11H2,1-3H3. The minimum Gasteiger partial charge on any atom is -0.489 e. The van der Waals surface area contributed by atoms with Gasteiger partial charge < -0.3 is 4.74 Å². The van der Waals surface area contributed by atoms with E-state index >= 15 is 0 Å². The number of ether oxygens (including phenoxy) is 1. The molecule has 3 rings (SSSR count). The average molecular weight is 407 g/mol. The normalized spacial score (nSPS) is 11.9. The molecule has 0 amide bonds. The van der Waals surface area contributed by atoms with Gasteiger partial charge in [0.1, 0.15) is 5.75 Å². The molecule has 0 unspecified atom stereocenters. The first-order valence-corrected chi connectivity index (χ1v) is 11.0. The fraction of sp³-hybridized carbons (Fsp3) is 0.316. The second kappa shape index (κ2) is 7.74. The van der Waals surface area contributed by atoms with Crippen molar-refractivity contribution in [1.29, 1.82) is 0 Å². The van der Waals surface area contributed by atoms with Crippen LogP contribution in [-0.2, 0) is 16.6 Å². The van der Waals surface area contributed by atoms with Crippen LogP contribution in [0.15, 0.2) is 52.2 Å². The highest BCUT2D eigenvalue weighted by Crippen LogP contribution is 2.29. The molecular weight excluding hydrogens is 384 g/mol. The molecule has 0 fully saturated rings. The molecule has 8 heteroatoms. The first-order chi connectivity index (χ1) is 12.8. The lowest BCUT2D eigenvalue weighted by Gasteiger charge is -2.15. The van der Waals surface area contributed by atoms with Crippen LogP contribution in [0.5, 0.6) is 5.75 Å². The van der Waals surface area contributed by atoms with Gasteiger partial charge in [0, 0.05) is 6.54 Å². The zero-order valence-electron chi connectivity index (χ0n) is 15.4. The van der Waals surface area contributed by atoms with Gasteiger partial charge >= 0.3 is 4.87 Å². The third-order valence-corrected chi connectivity index (χ3v) is 6.20. The second-order valence-electron chi connectivity index (χ2n) is 6.42. The Balaban J connectivity index is 1.97. The summed E-state index contributed by atoms with van der Waals surface area (Å²) in [5.74, 6) is 0.468. The molecule has 0 spiro atoms. The van der Waals surface area contributed by atoms with Crippen molar-refractivity contribution in [3.63, 3.8) is 0 Å². The van der Waals surface area contributed by atoms with Crippen molar-refractivity contribution >= 4 is 37.3 Å². The minimum absolute atomic E-state index is 0.0787. The molecule has 1 N–H and O–H groups in total. The molecule has 27 heavy (non-hydrogen) atoms. The van der Waals surface area contributed by atoms with Crippen LogP contribution in [0.2, 0.25) is 0 Å². The average Bonchev–Trinajstić information content (AvgIpc) is 2.91. The summed E-state index contributed by atoms with van der Waals surface area (Å²) in [7, 11) is -3.81. The number of aromatic nitrogens is 1. The van der Waals surface area contributed by atoms with Crippen molar-refractivity contribution in [2.75, 3.05) is 4.72 Å². The molecule has 0 atom stereocenters. The zero-order chi connectivity index (χ0) is 19.6. The van der Waals surface area contributed by atoms with Gasteiger partial charge in [0.05, 0.1) is 26.9 Å². The molecule has 3 aromatic rings. The highest BCUT2D eigenvalue weighted by molar-refractivity contribution is 7.92. The maximum atomic E-state index is 12.9. The van der Waals surface area contributed by atoms with Crippen molar-refractivity contribution in [2.45, 2.75) is 44.7 Å². The first-order valence-electron chi connectivity index (χ1n) is 8.73. The summed E-state index contributed by atoms with van der Waals surface area (Å²) in [6, 6.07) is 11.7. The third-order valence-electron chi connectivity index (χ3n) is 3.89. The van der Waals surface area contributed by atoms with Crippen molar-refractivity contribution in [3.05, 3.63) is 52.1 Å². The Morgan fingerprint density at radius 2 is 1.93 bits per heavy atom. The van der Waals surface area contributed by atoms with E-state index in [4.69, 9.17) is 4.74 Å². The molecular formula is C19H22N2O4S2. The Bertz CT molecular complexity index is 1110. The van der Waals surface area contributed by atoms with Crippen molar-refractivity contribution < 1.29 is 13.2 Å². The molecule has 0 bridgehead atoms. The van der Waals surface area contributed by atoms with Gasteiger partial charge in [-0.1, -0.05) is 30.4 Å². The Hall–Kier alpha value is -2.32. The summed E-state index contributed by atoms with van der Waals surface area (Å²) in [5.41, 5.74) is 1.14. The van der Waals surface area contributed by atoms with Gasteiger partial charge in [0.15, 0.2) is 0 Å². The Kier molecular flexibility index (Phi) is 5.57. The van der Waals surface area contributed by atoms with Gasteiger partial charge in [-0.2, -0.15) is 0 Å². The van der Waals surface area contributed by atoms with E-state index in [1.54, 1.807) is 41.0 Å². The zero-order valence-corrected chi connectivity index (χ0v) is 17.1. The Morgan fingerprint density at radius 3 is 2.63 bits per heavy atom. The molecule has 0 radical (unpaired) electrons. The lowest BCUT2D eigenvalue weighted by atomic mass is 10.3. The number of aryl methyl sites for hydroxylation is 1. The number of nitrogens with one attached hydrogen (secondary N) is 1. The number of benzene rings is 2. The van der Waals surface area contributed by atoms with E-state index in [1.807, 2.05) is 20.8 Å². The minimum atomic E-state index is -3.81. The summed E-state index contributed by atoms with van der Waals surface area (Å²) >= 11 is 1.06. The maximum absolute atomic E-state index is 12.9. The molecule has 0 saturated heterocycles. The molecule has 0 aliphatic carbocycles. The van der Waals surface area contributed by atoms with E-state index in [0.29, 0.717) is 22.7 Å². The molecule has 144 valence electrons.